The lowest BCUT2D eigenvalue weighted by Gasteiger charge is -2.36. The normalized spacial score (nSPS) is 23.8. The maximum absolute atomic E-state index is 13.8. The van der Waals surface area contributed by atoms with E-state index in [1.807, 2.05) is 48.6 Å². The molecule has 5 atom stereocenters. The number of hydrazine groups is 1. The number of hydrogen-bond donors (Lipinski definition) is 1. The Morgan fingerprint density at radius 3 is 1.88 bits per heavy atom. The van der Waals surface area contributed by atoms with Gasteiger partial charge in [-0.2, -0.15) is 0 Å². The minimum Gasteiger partial charge on any atom is -0.444 e. The molecule has 0 saturated heterocycles. The van der Waals surface area contributed by atoms with E-state index < -0.39 is 12.2 Å². The molecule has 4 rings (SSSR count). The standard InChI is InChI=1S/C34H46N2O4/c1-3-5-21-28(16-4-2)36(34(38)40-32-25-15-13-23-30(32)27-19-10-7-11-20-27)35-33(37)39-31-24-14-12-22-29(31)26-17-8-6-9-18-26/h5-11,17-21,28-32H,3-4,12-16,22-25H2,1-2H3,(H,35,37)/b21-5+/t28?,29-,30-,31+,32+/m0/s1. The first-order chi connectivity index (χ1) is 19.6. The number of nitrogens with one attached hydrogen (secondary N) is 1. The monoisotopic (exact) mass is 546 g/mol. The zero-order valence-electron chi connectivity index (χ0n) is 24.2. The Hall–Kier alpha value is -3.28. The Kier molecular flexibility index (Phi) is 11.5. The number of benzene rings is 2. The van der Waals surface area contributed by atoms with Gasteiger partial charge in [0.1, 0.15) is 12.2 Å². The average Bonchev–Trinajstić information content (AvgIpc) is 2.99. The van der Waals surface area contributed by atoms with Crippen molar-refractivity contribution in [1.29, 1.82) is 0 Å². The van der Waals surface area contributed by atoms with Crippen molar-refractivity contribution in [1.82, 2.24) is 10.4 Å². The molecule has 6 heteroatoms. The van der Waals surface area contributed by atoms with Crippen LogP contribution in [0.5, 0.6) is 0 Å². The molecule has 6 nitrogen and oxygen atoms in total. The summed E-state index contributed by atoms with van der Waals surface area (Å²) in [5.41, 5.74) is 5.20. The molecule has 40 heavy (non-hydrogen) atoms. The first kappa shape index (κ1) is 29.7. The van der Waals surface area contributed by atoms with Crippen LogP contribution in [-0.4, -0.2) is 35.4 Å². The first-order valence-corrected chi connectivity index (χ1v) is 15.3. The molecule has 216 valence electrons. The molecule has 0 spiro atoms. The van der Waals surface area contributed by atoms with Crippen molar-refractivity contribution in [2.24, 2.45) is 0 Å². The van der Waals surface area contributed by atoms with Crippen LogP contribution in [0.25, 0.3) is 0 Å². The summed E-state index contributed by atoms with van der Waals surface area (Å²) in [5.74, 6) is 0.304. The second kappa shape index (κ2) is 15.5. The van der Waals surface area contributed by atoms with E-state index >= 15 is 0 Å². The predicted octanol–water partition coefficient (Wildman–Crippen LogP) is 8.65. The number of allylic oxidation sites excluding steroid dienone is 1. The summed E-state index contributed by atoms with van der Waals surface area (Å²) in [4.78, 5) is 27.1. The van der Waals surface area contributed by atoms with E-state index in [0.717, 1.165) is 64.2 Å². The highest BCUT2D eigenvalue weighted by Gasteiger charge is 2.35. The van der Waals surface area contributed by atoms with Crippen molar-refractivity contribution in [3.8, 4) is 0 Å². The minimum atomic E-state index is -0.598. The zero-order valence-corrected chi connectivity index (χ0v) is 24.2. The third kappa shape index (κ3) is 8.12. The molecular weight excluding hydrogens is 500 g/mol. The van der Waals surface area contributed by atoms with Gasteiger partial charge < -0.3 is 9.47 Å². The Morgan fingerprint density at radius 1 is 0.825 bits per heavy atom. The van der Waals surface area contributed by atoms with Crippen LogP contribution < -0.4 is 5.43 Å². The molecule has 2 amide bonds. The number of amides is 2. The number of carbonyl (C=O) groups excluding carboxylic acids is 2. The van der Waals surface area contributed by atoms with Gasteiger partial charge in [-0.05, 0) is 62.5 Å². The van der Waals surface area contributed by atoms with E-state index in [9.17, 15) is 9.59 Å². The van der Waals surface area contributed by atoms with Crippen molar-refractivity contribution in [2.45, 2.75) is 115 Å². The lowest BCUT2D eigenvalue weighted by atomic mass is 9.81. The molecule has 2 aromatic rings. The minimum absolute atomic E-state index is 0.150. The molecule has 2 saturated carbocycles. The van der Waals surface area contributed by atoms with Gasteiger partial charge in [-0.25, -0.2) is 20.0 Å². The highest BCUT2D eigenvalue weighted by molar-refractivity contribution is 5.75. The Labute approximate surface area is 240 Å². The number of rotatable bonds is 9. The Morgan fingerprint density at radius 2 is 1.35 bits per heavy atom. The van der Waals surface area contributed by atoms with Crippen LogP contribution >= 0.6 is 0 Å². The van der Waals surface area contributed by atoms with Gasteiger partial charge in [-0.15, -0.1) is 0 Å². The number of ether oxygens (including phenoxy) is 2. The molecule has 1 unspecified atom stereocenters. The molecule has 2 aliphatic rings. The van der Waals surface area contributed by atoms with E-state index in [2.05, 4.69) is 43.5 Å². The maximum atomic E-state index is 13.8. The van der Waals surface area contributed by atoms with Crippen molar-refractivity contribution < 1.29 is 19.1 Å². The maximum Gasteiger partial charge on any atom is 0.429 e. The smallest absolute Gasteiger partial charge is 0.429 e. The van der Waals surface area contributed by atoms with E-state index in [-0.39, 0.29) is 30.1 Å². The van der Waals surface area contributed by atoms with Gasteiger partial charge >= 0.3 is 12.2 Å². The molecule has 0 aliphatic heterocycles. The van der Waals surface area contributed by atoms with Gasteiger partial charge in [0.2, 0.25) is 0 Å². The molecule has 2 aliphatic carbocycles. The average molecular weight is 547 g/mol. The van der Waals surface area contributed by atoms with Crippen LogP contribution in [0.15, 0.2) is 72.8 Å². The molecule has 0 radical (unpaired) electrons. The van der Waals surface area contributed by atoms with Gasteiger partial charge in [0, 0.05) is 11.8 Å². The molecule has 2 aromatic carbocycles. The second-order valence-corrected chi connectivity index (χ2v) is 11.1. The molecule has 0 heterocycles. The van der Waals surface area contributed by atoms with Crippen LogP contribution in [-0.2, 0) is 9.47 Å². The van der Waals surface area contributed by atoms with Crippen molar-refractivity contribution in [3.63, 3.8) is 0 Å². The summed E-state index contributed by atoms with van der Waals surface area (Å²) in [6.45, 7) is 4.14. The third-order valence-electron chi connectivity index (χ3n) is 8.29. The summed E-state index contributed by atoms with van der Waals surface area (Å²) in [5, 5.41) is 1.37. The molecule has 1 N–H and O–H groups in total. The van der Waals surface area contributed by atoms with Gasteiger partial charge in [-0.1, -0.05) is 106 Å². The van der Waals surface area contributed by atoms with Gasteiger partial charge in [0.05, 0.1) is 6.04 Å². The van der Waals surface area contributed by atoms with Crippen LogP contribution in [0.3, 0.4) is 0 Å². The Balaban J connectivity index is 1.50. The highest BCUT2D eigenvalue weighted by atomic mass is 16.6. The summed E-state index contributed by atoms with van der Waals surface area (Å²) in [7, 11) is 0. The summed E-state index contributed by atoms with van der Waals surface area (Å²) in [6.07, 6.45) is 12.7. The Bertz CT molecular complexity index is 1070. The largest absolute Gasteiger partial charge is 0.444 e. The van der Waals surface area contributed by atoms with E-state index in [4.69, 9.17) is 9.47 Å². The van der Waals surface area contributed by atoms with Crippen LogP contribution in [0.4, 0.5) is 9.59 Å². The quantitative estimate of drug-likeness (QED) is 0.252. The fraction of sp³-hybridized carbons (Fsp3) is 0.529. The van der Waals surface area contributed by atoms with Crippen molar-refractivity contribution >= 4 is 12.2 Å². The molecule has 0 aromatic heterocycles. The predicted molar refractivity (Wildman–Crippen MR) is 159 cm³/mol. The van der Waals surface area contributed by atoms with Gasteiger partial charge in [-0.3, -0.25) is 0 Å². The van der Waals surface area contributed by atoms with Crippen molar-refractivity contribution in [3.05, 3.63) is 83.9 Å². The number of nitrogens with zero attached hydrogens (tertiary/aromatic N) is 1. The SMILES string of the molecule is CC/C=C/C(CCC)N(NC(=O)O[C@@H]1CCCC[C@H]1c1ccccc1)C(=O)O[C@@H]1CCCC[C@H]1c1ccccc1. The van der Waals surface area contributed by atoms with Gasteiger partial charge in [0.25, 0.3) is 0 Å². The number of carbonyl (C=O) groups is 2. The lowest BCUT2D eigenvalue weighted by Crippen LogP contribution is -2.53. The fourth-order valence-electron chi connectivity index (χ4n) is 6.25. The first-order valence-electron chi connectivity index (χ1n) is 15.3. The van der Waals surface area contributed by atoms with Crippen LogP contribution in [0, 0.1) is 0 Å². The summed E-state index contributed by atoms with van der Waals surface area (Å²) in [6, 6.07) is 20.3. The molecule has 0 bridgehead atoms. The lowest BCUT2D eigenvalue weighted by molar-refractivity contribution is 0.00449. The summed E-state index contributed by atoms with van der Waals surface area (Å²) >= 11 is 0. The van der Waals surface area contributed by atoms with Crippen molar-refractivity contribution in [2.75, 3.05) is 0 Å². The second-order valence-electron chi connectivity index (χ2n) is 11.1. The molecular formula is C34H46N2O4. The molecule has 2 fully saturated rings. The number of hydrogen-bond acceptors (Lipinski definition) is 4. The highest BCUT2D eigenvalue weighted by Crippen LogP contribution is 2.36. The van der Waals surface area contributed by atoms with Crippen LogP contribution in [0.2, 0.25) is 0 Å². The van der Waals surface area contributed by atoms with Gasteiger partial charge in [0.15, 0.2) is 0 Å². The van der Waals surface area contributed by atoms with E-state index in [1.165, 1.54) is 16.1 Å². The topological polar surface area (TPSA) is 67.9 Å². The summed E-state index contributed by atoms with van der Waals surface area (Å²) < 4.78 is 12.2. The third-order valence-corrected chi connectivity index (χ3v) is 8.29. The fourth-order valence-corrected chi connectivity index (χ4v) is 6.25. The zero-order chi connectivity index (χ0) is 28.2. The van der Waals surface area contributed by atoms with E-state index in [0.29, 0.717) is 6.42 Å². The van der Waals surface area contributed by atoms with Crippen LogP contribution in [0.1, 0.15) is 107 Å². The van der Waals surface area contributed by atoms with E-state index in [1.54, 1.807) is 0 Å².